The average Bonchev–Trinajstić information content (AvgIpc) is 3.21. The summed E-state index contributed by atoms with van der Waals surface area (Å²) < 4.78 is 25.8. The lowest BCUT2D eigenvalue weighted by Gasteiger charge is -2.29. The second-order valence-corrected chi connectivity index (χ2v) is 9.44. The van der Waals surface area contributed by atoms with Gasteiger partial charge in [-0.1, -0.05) is 48.5 Å². The van der Waals surface area contributed by atoms with Crippen LogP contribution in [0.2, 0.25) is 0 Å². The van der Waals surface area contributed by atoms with E-state index in [4.69, 9.17) is 0 Å². The maximum absolute atomic E-state index is 12.7. The summed E-state index contributed by atoms with van der Waals surface area (Å²) in [5.41, 5.74) is 2.50. The van der Waals surface area contributed by atoms with Crippen LogP contribution in [0.4, 0.5) is 5.69 Å². The molecular formula is C22H29N3O3S. The Balaban J connectivity index is 1.71. The number of benzene rings is 2. The van der Waals surface area contributed by atoms with E-state index in [9.17, 15) is 13.2 Å². The third kappa shape index (κ3) is 5.58. The van der Waals surface area contributed by atoms with Crippen molar-refractivity contribution in [1.29, 1.82) is 0 Å². The van der Waals surface area contributed by atoms with Crippen LogP contribution in [0.5, 0.6) is 0 Å². The Labute approximate surface area is 173 Å². The van der Waals surface area contributed by atoms with Gasteiger partial charge < -0.3 is 5.32 Å². The fourth-order valence-corrected chi connectivity index (χ4v) is 4.72. The van der Waals surface area contributed by atoms with Gasteiger partial charge in [-0.25, -0.2) is 8.42 Å². The Hall–Kier alpha value is -2.38. The molecule has 3 rings (SSSR count). The van der Waals surface area contributed by atoms with Crippen molar-refractivity contribution in [2.75, 3.05) is 36.7 Å². The molecule has 1 aliphatic heterocycles. The van der Waals surface area contributed by atoms with Crippen molar-refractivity contribution in [1.82, 2.24) is 10.2 Å². The fraction of sp³-hybridized carbons (Fsp3) is 0.409. The van der Waals surface area contributed by atoms with E-state index >= 15 is 0 Å². The summed E-state index contributed by atoms with van der Waals surface area (Å²) in [5, 5.41) is 2.96. The Bertz CT molecular complexity index is 925. The number of para-hydroxylation sites is 1. The summed E-state index contributed by atoms with van der Waals surface area (Å²) in [4.78, 5) is 15.1. The van der Waals surface area contributed by atoms with Gasteiger partial charge in [-0.05, 0) is 50.0 Å². The van der Waals surface area contributed by atoms with Gasteiger partial charge in [0, 0.05) is 6.54 Å². The molecule has 1 saturated heterocycles. The van der Waals surface area contributed by atoms with Gasteiger partial charge in [0.15, 0.2) is 0 Å². The fourth-order valence-electron chi connectivity index (χ4n) is 3.81. The number of hydrogen-bond acceptors (Lipinski definition) is 4. The van der Waals surface area contributed by atoms with Gasteiger partial charge in [-0.2, -0.15) is 0 Å². The highest BCUT2D eigenvalue weighted by molar-refractivity contribution is 7.92. The normalized spacial score (nSPS) is 15.8. The van der Waals surface area contributed by atoms with E-state index in [-0.39, 0.29) is 18.5 Å². The molecule has 1 fully saturated rings. The lowest BCUT2D eigenvalue weighted by molar-refractivity contribution is -0.119. The van der Waals surface area contributed by atoms with Crippen molar-refractivity contribution in [3.05, 3.63) is 65.7 Å². The van der Waals surface area contributed by atoms with E-state index < -0.39 is 10.0 Å². The number of amides is 1. The first-order valence-electron chi connectivity index (χ1n) is 9.95. The predicted octanol–water partition coefficient (Wildman–Crippen LogP) is 2.71. The van der Waals surface area contributed by atoms with Gasteiger partial charge >= 0.3 is 0 Å². The molecule has 156 valence electrons. The third-order valence-corrected chi connectivity index (χ3v) is 6.46. The van der Waals surface area contributed by atoms with Crippen molar-refractivity contribution in [2.45, 2.75) is 25.8 Å². The van der Waals surface area contributed by atoms with Gasteiger partial charge in [0.05, 0.1) is 18.0 Å². The van der Waals surface area contributed by atoms with E-state index in [1.54, 1.807) is 12.1 Å². The molecule has 29 heavy (non-hydrogen) atoms. The molecule has 0 aromatic heterocycles. The molecule has 0 bridgehead atoms. The Morgan fingerprint density at radius 2 is 1.69 bits per heavy atom. The van der Waals surface area contributed by atoms with Crippen LogP contribution in [0.3, 0.4) is 0 Å². The molecule has 0 aliphatic carbocycles. The van der Waals surface area contributed by atoms with Crippen LogP contribution in [0.1, 0.15) is 30.0 Å². The molecule has 1 N–H and O–H groups in total. The average molecular weight is 416 g/mol. The SMILES string of the molecule is Cc1ccccc1N(CC(=O)NC[C@H](c1ccccc1)N1CCCC1)S(C)(=O)=O. The van der Waals surface area contributed by atoms with Crippen molar-refractivity contribution >= 4 is 21.6 Å². The zero-order valence-electron chi connectivity index (χ0n) is 17.0. The number of anilines is 1. The Morgan fingerprint density at radius 1 is 1.07 bits per heavy atom. The minimum atomic E-state index is -3.58. The molecule has 7 heteroatoms. The molecule has 0 saturated carbocycles. The van der Waals surface area contributed by atoms with E-state index in [1.165, 1.54) is 4.31 Å². The number of likely N-dealkylation sites (tertiary alicyclic amines) is 1. The van der Waals surface area contributed by atoms with Crippen LogP contribution >= 0.6 is 0 Å². The molecule has 0 radical (unpaired) electrons. The van der Waals surface area contributed by atoms with Crippen LogP contribution < -0.4 is 9.62 Å². The molecule has 1 atom stereocenters. The summed E-state index contributed by atoms with van der Waals surface area (Å²) >= 11 is 0. The smallest absolute Gasteiger partial charge is 0.240 e. The Morgan fingerprint density at radius 3 is 2.31 bits per heavy atom. The molecule has 6 nitrogen and oxygen atoms in total. The van der Waals surface area contributed by atoms with Gasteiger partial charge in [-0.3, -0.25) is 14.0 Å². The monoisotopic (exact) mass is 415 g/mol. The minimum Gasteiger partial charge on any atom is -0.353 e. The van der Waals surface area contributed by atoms with Gasteiger partial charge in [-0.15, -0.1) is 0 Å². The quantitative estimate of drug-likeness (QED) is 0.720. The summed E-state index contributed by atoms with van der Waals surface area (Å²) in [5.74, 6) is -0.307. The summed E-state index contributed by atoms with van der Waals surface area (Å²) in [7, 11) is -3.58. The van der Waals surface area contributed by atoms with Crippen molar-refractivity contribution in [3.63, 3.8) is 0 Å². The van der Waals surface area contributed by atoms with Crippen LogP contribution in [0.25, 0.3) is 0 Å². The zero-order chi connectivity index (χ0) is 20.9. The van der Waals surface area contributed by atoms with Crippen LogP contribution in [-0.2, 0) is 14.8 Å². The number of nitrogens with one attached hydrogen (secondary N) is 1. The second kappa shape index (κ2) is 9.41. The number of carbonyl (C=O) groups excluding carboxylic acids is 1. The molecule has 0 spiro atoms. The van der Waals surface area contributed by atoms with Crippen molar-refractivity contribution in [3.8, 4) is 0 Å². The molecule has 2 aromatic carbocycles. The molecule has 1 heterocycles. The molecule has 0 unspecified atom stereocenters. The standard InChI is InChI=1S/C22H29N3O3S/c1-18-10-6-7-13-20(18)25(29(2,27)28)17-22(26)23-16-21(24-14-8-9-15-24)19-11-4-3-5-12-19/h3-7,10-13,21H,8-9,14-17H2,1-2H3,(H,23,26)/t21-/m1/s1. The highest BCUT2D eigenvalue weighted by Gasteiger charge is 2.26. The lowest BCUT2D eigenvalue weighted by atomic mass is 10.1. The number of sulfonamides is 1. The Kier molecular flexibility index (Phi) is 6.92. The van der Waals surface area contributed by atoms with Crippen LogP contribution in [0, 0.1) is 6.92 Å². The molecular weight excluding hydrogens is 386 g/mol. The van der Waals surface area contributed by atoms with Crippen LogP contribution in [0.15, 0.2) is 54.6 Å². The number of rotatable bonds is 8. The van der Waals surface area contributed by atoms with Gasteiger partial charge in [0.1, 0.15) is 6.54 Å². The van der Waals surface area contributed by atoms with E-state index in [2.05, 4.69) is 22.3 Å². The van der Waals surface area contributed by atoms with Crippen LogP contribution in [-0.4, -0.2) is 51.7 Å². The molecule has 1 aliphatic rings. The number of nitrogens with zero attached hydrogens (tertiary/aromatic N) is 2. The predicted molar refractivity (Wildman–Crippen MR) is 116 cm³/mol. The summed E-state index contributed by atoms with van der Waals surface area (Å²) in [6, 6.07) is 17.4. The lowest BCUT2D eigenvalue weighted by Crippen LogP contribution is -2.43. The number of hydrogen-bond donors (Lipinski definition) is 1. The first-order valence-corrected chi connectivity index (χ1v) is 11.8. The summed E-state index contributed by atoms with van der Waals surface area (Å²) in [6.07, 6.45) is 3.45. The highest BCUT2D eigenvalue weighted by atomic mass is 32.2. The van der Waals surface area contributed by atoms with Gasteiger partial charge in [0.25, 0.3) is 0 Å². The first kappa shape index (κ1) is 21.3. The van der Waals surface area contributed by atoms with E-state index in [1.807, 2.05) is 37.3 Å². The van der Waals surface area contributed by atoms with Gasteiger partial charge in [0.2, 0.25) is 15.9 Å². The topological polar surface area (TPSA) is 69.7 Å². The maximum Gasteiger partial charge on any atom is 0.240 e. The van der Waals surface area contributed by atoms with E-state index in [0.29, 0.717) is 12.2 Å². The zero-order valence-corrected chi connectivity index (χ0v) is 17.9. The summed E-state index contributed by atoms with van der Waals surface area (Å²) in [6.45, 7) is 4.08. The highest BCUT2D eigenvalue weighted by Crippen LogP contribution is 2.25. The number of aryl methyl sites for hydroxylation is 1. The third-order valence-electron chi connectivity index (χ3n) is 5.33. The van der Waals surface area contributed by atoms with Crippen molar-refractivity contribution in [2.24, 2.45) is 0 Å². The first-order chi connectivity index (χ1) is 13.9. The maximum atomic E-state index is 12.7. The molecule has 2 aromatic rings. The number of carbonyl (C=O) groups is 1. The largest absolute Gasteiger partial charge is 0.353 e. The molecule has 1 amide bonds. The minimum absolute atomic E-state index is 0.0906. The second-order valence-electron chi connectivity index (χ2n) is 7.53. The van der Waals surface area contributed by atoms with E-state index in [0.717, 1.165) is 43.3 Å². The van der Waals surface area contributed by atoms with Crippen molar-refractivity contribution < 1.29 is 13.2 Å².